The lowest BCUT2D eigenvalue weighted by Crippen LogP contribution is -1.87. The van der Waals surface area contributed by atoms with Crippen LogP contribution in [0.25, 0.3) is 0 Å². The second-order valence-corrected chi connectivity index (χ2v) is 1.81. The Morgan fingerprint density at radius 2 is 2.64 bits per heavy atom. The van der Waals surface area contributed by atoms with Crippen LogP contribution < -0.4 is 4.74 Å². The highest BCUT2D eigenvalue weighted by molar-refractivity contribution is 5.25. The van der Waals surface area contributed by atoms with E-state index in [1.165, 1.54) is 7.11 Å². The van der Waals surface area contributed by atoms with Crippen LogP contribution in [-0.4, -0.2) is 12.1 Å². The van der Waals surface area contributed by atoms with Crippen molar-refractivity contribution in [3.05, 3.63) is 24.0 Å². The van der Waals surface area contributed by atoms with Crippen LogP contribution in [0.2, 0.25) is 0 Å². The molecule has 0 aliphatic rings. The van der Waals surface area contributed by atoms with E-state index in [0.29, 0.717) is 0 Å². The molecule has 1 heterocycles. The summed E-state index contributed by atoms with van der Waals surface area (Å²) in [5, 5.41) is 8.47. The molecule has 0 aliphatic heterocycles. The van der Waals surface area contributed by atoms with Crippen molar-refractivity contribution in [2.75, 3.05) is 7.11 Å². The minimum atomic E-state index is -0.246. The molecule has 0 saturated heterocycles. The lowest BCUT2D eigenvalue weighted by molar-refractivity contribution is 0.412. The fourth-order valence-electron chi connectivity index (χ4n) is 0.599. The molecule has 0 N–H and O–H groups in total. The van der Waals surface area contributed by atoms with Gasteiger partial charge in [-0.2, -0.15) is 5.26 Å². The van der Waals surface area contributed by atoms with Gasteiger partial charge in [0.25, 0.3) is 0 Å². The quantitative estimate of drug-likeness (QED) is 0.637. The highest BCUT2D eigenvalue weighted by Crippen LogP contribution is 2.09. The van der Waals surface area contributed by atoms with Crippen molar-refractivity contribution in [1.82, 2.24) is 4.98 Å². The predicted molar refractivity (Wildman–Crippen MR) is 40.1 cm³/mol. The molecule has 0 aliphatic carbocycles. The molecule has 0 unspecified atom stereocenters. The summed E-state index contributed by atoms with van der Waals surface area (Å²) in [5.74, 6) is 0.00579. The van der Waals surface area contributed by atoms with Crippen LogP contribution >= 0.6 is 0 Å². The van der Waals surface area contributed by atoms with Gasteiger partial charge in [0.05, 0.1) is 29.9 Å². The third-order valence-corrected chi connectivity index (χ3v) is 1.07. The van der Waals surface area contributed by atoms with Gasteiger partial charge >= 0.3 is 0 Å². The Bertz CT molecular complexity index is 401. The minimum absolute atomic E-state index is 0.00579. The molecule has 3 nitrogen and oxygen atoms in total. The zero-order valence-corrected chi connectivity index (χ0v) is 6.01. The molecule has 0 fully saturated rings. The molecule has 11 heavy (non-hydrogen) atoms. The molecule has 1 aromatic heterocycles. The van der Waals surface area contributed by atoms with Crippen molar-refractivity contribution in [2.45, 2.75) is 6.42 Å². The van der Waals surface area contributed by atoms with E-state index in [9.17, 15) is 0 Å². The largest absolute Gasteiger partial charge is 0.495 e. The van der Waals surface area contributed by atoms with Crippen molar-refractivity contribution in [1.29, 1.82) is 5.26 Å². The summed E-state index contributed by atoms with van der Waals surface area (Å²) < 4.78 is 27.1. The first-order valence-electron chi connectivity index (χ1n) is 4.49. The fraction of sp³-hybridized carbons (Fsp3) is 0.250. The Morgan fingerprint density at radius 1 is 1.82 bits per heavy atom. The van der Waals surface area contributed by atoms with Gasteiger partial charge < -0.3 is 4.74 Å². The molecule has 0 atom stereocenters. The zero-order valence-electron chi connectivity index (χ0n) is 9.01. The van der Waals surface area contributed by atoms with Crippen LogP contribution in [0, 0.1) is 11.3 Å². The molecule has 1 rings (SSSR count). The maximum Gasteiger partial charge on any atom is 0.137 e. The normalized spacial score (nSPS) is 12.5. The van der Waals surface area contributed by atoms with Crippen LogP contribution in [0.3, 0.4) is 0 Å². The Hall–Kier alpha value is -1.56. The van der Waals surface area contributed by atoms with E-state index in [0.717, 1.165) is 0 Å². The number of nitriles is 1. The van der Waals surface area contributed by atoms with Gasteiger partial charge in [-0.15, -0.1) is 0 Å². The zero-order chi connectivity index (χ0) is 10.7. The van der Waals surface area contributed by atoms with Crippen LogP contribution in [0.1, 0.15) is 9.68 Å². The SMILES string of the molecule is [2H]c1nc([2H])c(OC)c([2H])c1CC#N. The molecule has 0 radical (unpaired) electrons. The number of nitrogens with zero attached hydrogens (tertiary/aromatic N) is 2. The fourth-order valence-corrected chi connectivity index (χ4v) is 0.599. The molecule has 0 aromatic carbocycles. The summed E-state index contributed by atoms with van der Waals surface area (Å²) in [4.78, 5) is 3.56. The molecule has 0 amide bonds. The molecule has 0 spiro atoms. The lowest BCUT2D eigenvalue weighted by atomic mass is 10.2. The Balaban J connectivity index is 3.37. The van der Waals surface area contributed by atoms with Crippen molar-refractivity contribution in [2.24, 2.45) is 0 Å². The summed E-state index contributed by atoms with van der Waals surface area (Å²) in [6.07, 6.45) is -0.520. The van der Waals surface area contributed by atoms with Crippen LogP contribution in [-0.2, 0) is 6.42 Å². The summed E-state index contributed by atoms with van der Waals surface area (Å²) in [5.41, 5.74) is 0.195. The van der Waals surface area contributed by atoms with Crippen molar-refractivity contribution in [3.8, 4) is 11.8 Å². The van der Waals surface area contributed by atoms with E-state index in [-0.39, 0.29) is 36.1 Å². The summed E-state index contributed by atoms with van der Waals surface area (Å²) >= 11 is 0. The van der Waals surface area contributed by atoms with E-state index < -0.39 is 0 Å². The summed E-state index contributed by atoms with van der Waals surface area (Å²) in [6.45, 7) is 0. The number of methoxy groups -OCH3 is 1. The standard InChI is InChI=1S/C8H8N2O/c1-11-8-4-7(2-3-9)5-10-6-8/h4-6H,2H2,1H3/i4D,5D,6D. The molecule has 56 valence electrons. The Morgan fingerprint density at radius 3 is 3.27 bits per heavy atom. The average molecular weight is 151 g/mol. The second-order valence-electron chi connectivity index (χ2n) is 1.81. The lowest BCUT2D eigenvalue weighted by Gasteiger charge is -1.98. The third kappa shape index (κ3) is 1.94. The maximum absolute atomic E-state index is 8.47. The van der Waals surface area contributed by atoms with Gasteiger partial charge in [0.15, 0.2) is 0 Å². The van der Waals surface area contributed by atoms with Gasteiger partial charge in [0, 0.05) is 6.17 Å². The van der Waals surface area contributed by atoms with Gasteiger partial charge in [-0.1, -0.05) is 0 Å². The molecular formula is C8H8N2O. The second kappa shape index (κ2) is 3.57. The topological polar surface area (TPSA) is 45.9 Å². The highest BCUT2D eigenvalue weighted by atomic mass is 16.5. The average Bonchev–Trinajstić information content (AvgIpc) is 2.12. The first-order chi connectivity index (χ1) is 6.61. The minimum Gasteiger partial charge on any atom is -0.495 e. The monoisotopic (exact) mass is 151 g/mol. The first-order valence-corrected chi connectivity index (χ1v) is 2.99. The molecular weight excluding hydrogens is 140 g/mol. The van der Waals surface area contributed by atoms with Crippen LogP contribution in [0.15, 0.2) is 18.4 Å². The summed E-state index contributed by atoms with van der Waals surface area (Å²) in [6, 6.07) is 1.74. The van der Waals surface area contributed by atoms with Crippen molar-refractivity contribution < 1.29 is 8.85 Å². The smallest absolute Gasteiger partial charge is 0.137 e. The number of pyridine rings is 1. The van der Waals surface area contributed by atoms with Gasteiger partial charge in [0.2, 0.25) is 0 Å². The summed E-state index contributed by atoms with van der Waals surface area (Å²) in [7, 11) is 1.33. The van der Waals surface area contributed by atoms with E-state index in [2.05, 4.69) is 4.98 Å². The van der Waals surface area contributed by atoms with Gasteiger partial charge in [-0.25, -0.2) is 0 Å². The van der Waals surface area contributed by atoms with Gasteiger partial charge in [-0.3, -0.25) is 4.98 Å². The van der Waals surface area contributed by atoms with E-state index in [1.807, 2.05) is 6.07 Å². The van der Waals surface area contributed by atoms with Gasteiger partial charge in [-0.05, 0) is 11.6 Å². The van der Waals surface area contributed by atoms with Crippen molar-refractivity contribution >= 4 is 0 Å². The van der Waals surface area contributed by atoms with Crippen LogP contribution in [0.4, 0.5) is 0 Å². The number of hydrogen-bond acceptors (Lipinski definition) is 3. The van der Waals surface area contributed by atoms with Crippen molar-refractivity contribution in [3.63, 3.8) is 0 Å². The van der Waals surface area contributed by atoms with E-state index >= 15 is 0 Å². The number of rotatable bonds is 2. The third-order valence-electron chi connectivity index (χ3n) is 1.07. The van der Waals surface area contributed by atoms with E-state index in [4.69, 9.17) is 14.1 Å². The Kier molecular flexibility index (Phi) is 1.41. The Labute approximate surface area is 69.5 Å². The first kappa shape index (κ1) is 4.35. The number of ether oxygens (including phenoxy) is 1. The molecule has 3 heteroatoms. The van der Waals surface area contributed by atoms with Gasteiger partial charge in [0.1, 0.15) is 5.75 Å². The highest BCUT2D eigenvalue weighted by Gasteiger charge is 1.94. The molecule has 1 aromatic rings. The predicted octanol–water partition coefficient (Wildman–Crippen LogP) is 1.16. The van der Waals surface area contributed by atoms with E-state index in [1.54, 1.807) is 0 Å². The number of aromatic nitrogens is 1. The molecule has 0 saturated carbocycles. The van der Waals surface area contributed by atoms with Crippen LogP contribution in [0.5, 0.6) is 5.75 Å². The number of hydrogen-bond donors (Lipinski definition) is 0. The molecule has 0 bridgehead atoms. The maximum atomic E-state index is 8.47.